The minimum atomic E-state index is -0.0986. The topological polar surface area (TPSA) is 90.3 Å². The molecule has 1 aromatic heterocycles. The third kappa shape index (κ3) is 5.46. The molecule has 4 aromatic rings. The molecule has 1 aliphatic rings. The van der Waals surface area contributed by atoms with Gasteiger partial charge in [0.1, 0.15) is 24.1 Å². The van der Waals surface area contributed by atoms with Gasteiger partial charge in [0, 0.05) is 24.8 Å². The van der Waals surface area contributed by atoms with Gasteiger partial charge in [-0.05, 0) is 34.0 Å². The molecule has 1 aliphatic carbocycles. The van der Waals surface area contributed by atoms with Gasteiger partial charge in [0.2, 0.25) is 5.91 Å². The van der Waals surface area contributed by atoms with E-state index in [1.807, 2.05) is 79.6 Å². The van der Waals surface area contributed by atoms with Crippen LogP contribution in [-0.2, 0) is 27.3 Å². The van der Waals surface area contributed by atoms with Crippen molar-refractivity contribution >= 4 is 35.1 Å². The molecule has 1 N–H and O–H groups in total. The summed E-state index contributed by atoms with van der Waals surface area (Å²) in [5.41, 5.74) is 2.87. The molecule has 0 radical (unpaired) electrons. The highest BCUT2D eigenvalue weighted by atomic mass is 16.5. The zero-order valence-electron chi connectivity index (χ0n) is 19.6. The normalized spacial score (nSPS) is 13.0. The van der Waals surface area contributed by atoms with Gasteiger partial charge >= 0.3 is 0 Å². The highest BCUT2D eigenvalue weighted by Gasteiger charge is 2.31. The first-order valence-electron chi connectivity index (χ1n) is 11.4. The number of fused-ring (bicyclic) bond motifs is 1. The Hall–Kier alpha value is -4.26. The molecule has 1 saturated carbocycles. The average molecular weight is 470 g/mol. The minimum absolute atomic E-state index is 0.0986. The largest absolute Gasteiger partial charge is 0.497 e. The Balaban J connectivity index is 0.00000141. The van der Waals surface area contributed by atoms with Crippen LogP contribution in [-0.4, -0.2) is 35.4 Å². The minimum Gasteiger partial charge on any atom is -0.497 e. The molecule has 0 atom stereocenters. The Morgan fingerprint density at radius 2 is 1.77 bits per heavy atom. The van der Waals surface area contributed by atoms with E-state index in [1.54, 1.807) is 11.8 Å². The summed E-state index contributed by atoms with van der Waals surface area (Å²) in [6.07, 6.45) is 1.30. The molecule has 7 nitrogen and oxygen atoms in total. The lowest BCUT2D eigenvalue weighted by Crippen LogP contribution is -2.21. The van der Waals surface area contributed by atoms with Gasteiger partial charge in [-0.2, -0.15) is 5.10 Å². The van der Waals surface area contributed by atoms with E-state index in [0.29, 0.717) is 25.2 Å². The standard InChI is InChI=1S/C27H25N3O3.CH2O/c1-33-23-11-9-18(10-12-23)17-30-26(16-25(29-30)21-13-22(31)14-21)28-27(32)15-20-7-4-6-19-5-2-3-8-24(19)20;1-2/h2-12,16,21H,13-15,17H2,1H3,(H,28,32);1H2. The maximum atomic E-state index is 13.0. The fourth-order valence-corrected chi connectivity index (χ4v) is 4.27. The first kappa shape index (κ1) is 23.9. The number of aromatic nitrogens is 2. The molecule has 0 unspecified atom stereocenters. The summed E-state index contributed by atoms with van der Waals surface area (Å²) >= 11 is 0. The van der Waals surface area contributed by atoms with Gasteiger partial charge in [-0.15, -0.1) is 0 Å². The smallest absolute Gasteiger partial charge is 0.229 e. The van der Waals surface area contributed by atoms with Crippen molar-refractivity contribution in [2.75, 3.05) is 12.4 Å². The van der Waals surface area contributed by atoms with Crippen molar-refractivity contribution in [3.8, 4) is 5.75 Å². The summed E-state index contributed by atoms with van der Waals surface area (Å²) in [5.74, 6) is 1.72. The number of rotatable bonds is 7. The SMILES string of the molecule is C=O.COc1ccc(Cn2nc(C3CC(=O)C3)cc2NC(=O)Cc2cccc3ccccc23)cc1. The number of methoxy groups -OCH3 is 1. The van der Waals surface area contributed by atoms with Gasteiger partial charge in [0.05, 0.1) is 25.8 Å². The predicted octanol–water partition coefficient (Wildman–Crippen LogP) is 4.54. The van der Waals surface area contributed by atoms with Crippen molar-refractivity contribution in [3.63, 3.8) is 0 Å². The summed E-state index contributed by atoms with van der Waals surface area (Å²) in [7, 11) is 1.64. The molecule has 5 rings (SSSR count). The third-order valence-corrected chi connectivity index (χ3v) is 6.16. The van der Waals surface area contributed by atoms with Crippen molar-refractivity contribution in [2.45, 2.75) is 31.7 Å². The molecule has 7 heteroatoms. The number of ketones is 1. The van der Waals surface area contributed by atoms with Crippen molar-refractivity contribution in [1.29, 1.82) is 0 Å². The van der Waals surface area contributed by atoms with Crippen LogP contribution in [0.4, 0.5) is 5.82 Å². The van der Waals surface area contributed by atoms with Crippen LogP contribution in [0.25, 0.3) is 10.8 Å². The number of anilines is 1. The molecule has 35 heavy (non-hydrogen) atoms. The highest BCUT2D eigenvalue weighted by Crippen LogP contribution is 2.34. The molecule has 0 bridgehead atoms. The van der Waals surface area contributed by atoms with Crippen LogP contribution in [0.15, 0.2) is 72.8 Å². The zero-order chi connectivity index (χ0) is 24.8. The third-order valence-electron chi connectivity index (χ3n) is 6.16. The van der Waals surface area contributed by atoms with Crippen LogP contribution < -0.4 is 10.1 Å². The van der Waals surface area contributed by atoms with Gasteiger partial charge in [-0.1, -0.05) is 54.6 Å². The second kappa shape index (κ2) is 10.8. The van der Waals surface area contributed by atoms with E-state index in [2.05, 4.69) is 5.32 Å². The Morgan fingerprint density at radius 1 is 1.06 bits per heavy atom. The number of ether oxygens (including phenoxy) is 1. The van der Waals surface area contributed by atoms with Crippen molar-refractivity contribution in [2.24, 2.45) is 0 Å². The Labute approximate surface area is 203 Å². The van der Waals surface area contributed by atoms with Gasteiger partial charge in [-0.25, -0.2) is 4.68 Å². The molecular formula is C28H27N3O4. The number of benzene rings is 3. The number of Topliss-reactive ketones (excluding diaryl/α,β-unsaturated/α-hetero) is 1. The van der Waals surface area contributed by atoms with E-state index in [1.165, 1.54) is 0 Å². The van der Waals surface area contributed by atoms with Gasteiger partial charge in [0.25, 0.3) is 0 Å². The van der Waals surface area contributed by atoms with E-state index in [-0.39, 0.29) is 24.0 Å². The molecule has 178 valence electrons. The predicted molar refractivity (Wildman–Crippen MR) is 135 cm³/mol. The lowest BCUT2D eigenvalue weighted by molar-refractivity contribution is -0.124. The maximum absolute atomic E-state index is 13.0. The number of hydrogen-bond acceptors (Lipinski definition) is 5. The van der Waals surface area contributed by atoms with Crippen LogP contribution in [0, 0.1) is 0 Å². The summed E-state index contributed by atoms with van der Waals surface area (Å²) in [5, 5.41) is 9.98. The van der Waals surface area contributed by atoms with E-state index >= 15 is 0 Å². The van der Waals surface area contributed by atoms with Crippen molar-refractivity contribution in [1.82, 2.24) is 9.78 Å². The van der Waals surface area contributed by atoms with Gasteiger partial charge < -0.3 is 14.8 Å². The fraction of sp³-hybridized carbons (Fsp3) is 0.214. The lowest BCUT2D eigenvalue weighted by Gasteiger charge is -2.21. The molecule has 0 aliphatic heterocycles. The van der Waals surface area contributed by atoms with Crippen LogP contribution in [0.5, 0.6) is 5.75 Å². The average Bonchev–Trinajstić information content (AvgIpc) is 3.25. The molecule has 1 amide bonds. The second-order valence-electron chi connectivity index (χ2n) is 8.47. The van der Waals surface area contributed by atoms with E-state index in [0.717, 1.165) is 33.3 Å². The van der Waals surface area contributed by atoms with E-state index < -0.39 is 0 Å². The molecule has 0 spiro atoms. The Morgan fingerprint density at radius 3 is 2.49 bits per heavy atom. The summed E-state index contributed by atoms with van der Waals surface area (Å²) in [6, 6.07) is 23.8. The molecule has 3 aromatic carbocycles. The highest BCUT2D eigenvalue weighted by molar-refractivity contribution is 5.96. The number of nitrogens with zero attached hydrogens (tertiary/aromatic N) is 2. The fourth-order valence-electron chi connectivity index (χ4n) is 4.27. The monoisotopic (exact) mass is 469 g/mol. The van der Waals surface area contributed by atoms with Crippen LogP contribution in [0.3, 0.4) is 0 Å². The first-order valence-corrected chi connectivity index (χ1v) is 11.4. The number of hydrogen-bond donors (Lipinski definition) is 1. The summed E-state index contributed by atoms with van der Waals surface area (Å²) in [4.78, 5) is 32.5. The van der Waals surface area contributed by atoms with E-state index in [9.17, 15) is 9.59 Å². The molecule has 1 heterocycles. The number of carbonyl (C=O) groups excluding carboxylic acids is 3. The number of amides is 1. The molecule has 1 fully saturated rings. The van der Waals surface area contributed by atoms with Crippen LogP contribution in [0.1, 0.15) is 35.6 Å². The van der Waals surface area contributed by atoms with Crippen LogP contribution in [0.2, 0.25) is 0 Å². The Kier molecular flexibility index (Phi) is 7.35. The summed E-state index contributed by atoms with van der Waals surface area (Å²) < 4.78 is 7.05. The van der Waals surface area contributed by atoms with Crippen molar-refractivity contribution < 1.29 is 19.1 Å². The quantitative estimate of drug-likeness (QED) is 0.429. The van der Waals surface area contributed by atoms with Crippen molar-refractivity contribution in [3.05, 3.63) is 89.6 Å². The van der Waals surface area contributed by atoms with Gasteiger partial charge in [0.15, 0.2) is 0 Å². The van der Waals surface area contributed by atoms with Crippen LogP contribution >= 0.6 is 0 Å². The number of carbonyl (C=O) groups is 3. The Bertz CT molecular complexity index is 1330. The second-order valence-corrected chi connectivity index (χ2v) is 8.47. The summed E-state index contributed by atoms with van der Waals surface area (Å²) in [6.45, 7) is 2.51. The number of nitrogens with one attached hydrogen (secondary N) is 1. The molecule has 0 saturated heterocycles. The first-order chi connectivity index (χ1) is 17.1. The van der Waals surface area contributed by atoms with E-state index in [4.69, 9.17) is 14.6 Å². The lowest BCUT2D eigenvalue weighted by atomic mass is 9.82. The zero-order valence-corrected chi connectivity index (χ0v) is 19.6. The van der Waals surface area contributed by atoms with Gasteiger partial charge in [-0.3, -0.25) is 9.59 Å². The molecular weight excluding hydrogens is 442 g/mol. The maximum Gasteiger partial charge on any atom is 0.229 e.